The van der Waals surface area contributed by atoms with Crippen LogP contribution < -0.4 is 4.90 Å². The van der Waals surface area contributed by atoms with E-state index in [-0.39, 0.29) is 5.69 Å². The standard InChI is InChI=1S/C13H18N.C8H7NO3.2ClH.Ru/c1-10-8-11(2)13(12(3)9-10)14-6-4-5-7-14;1-6-5-7(9(10)11)3-4-8(6)12-2;;;/h6,8-9H,4-5,7H2,1-3H3;1,3-5H,2H3;2*1H;/q-1;;;;+2/p-1. The summed E-state index contributed by atoms with van der Waals surface area (Å²) >= 11 is -1.99. The van der Waals surface area contributed by atoms with Crippen molar-refractivity contribution in [2.24, 2.45) is 0 Å². The summed E-state index contributed by atoms with van der Waals surface area (Å²) in [7, 11) is 13.0. The second-order valence-corrected chi connectivity index (χ2v) is 12.5. The van der Waals surface area contributed by atoms with Crippen LogP contribution in [0.1, 0.15) is 35.1 Å². The number of nitrogens with zero attached hydrogens (tertiary/aromatic N) is 2. The number of rotatable bonds is 4. The SMILES string of the molecule is C[OH+]c1ccc([N+](=O)[O-])cc1[CH]=[Ru]([Cl])[Cl].Cc1cc(C)c(N2[CH-]CCC2)c(C)c1. The van der Waals surface area contributed by atoms with Crippen LogP contribution in [0.25, 0.3) is 0 Å². The Balaban J connectivity index is 0.000000207. The number of nitro groups is 1. The Hall–Kier alpha value is -1.49. The van der Waals surface area contributed by atoms with Crippen LogP contribution in [0.15, 0.2) is 30.3 Å². The zero-order valence-corrected chi connectivity index (χ0v) is 20.2. The number of aromatic hydroxyl groups is 1. The van der Waals surface area contributed by atoms with Crippen LogP contribution in [0.4, 0.5) is 11.4 Å². The molecule has 2 aromatic carbocycles. The third kappa shape index (κ3) is 6.77. The maximum Gasteiger partial charge on any atom is 0.0130 e. The predicted molar refractivity (Wildman–Crippen MR) is 119 cm³/mol. The molecule has 0 unspecified atom stereocenters. The molecule has 8 heteroatoms. The fourth-order valence-electron chi connectivity index (χ4n) is 3.45. The van der Waals surface area contributed by atoms with E-state index in [0.717, 1.165) is 0 Å². The number of hydrogen-bond acceptors (Lipinski definition) is 3. The van der Waals surface area contributed by atoms with Crippen LogP contribution in [-0.4, -0.2) is 27.9 Å². The Kier molecular flexibility index (Phi) is 9.07. The Bertz CT molecular complexity index is 886. The first kappa shape index (κ1) is 23.8. The number of ether oxygens (including phenoxy) is 1. The summed E-state index contributed by atoms with van der Waals surface area (Å²) in [5.74, 6) is 0.653. The van der Waals surface area contributed by atoms with Crippen LogP contribution in [0.5, 0.6) is 5.75 Å². The molecular formula is C21H26Cl2N2O3Ru. The van der Waals surface area contributed by atoms with Gasteiger partial charge >= 0.3 is 99.6 Å². The summed E-state index contributed by atoms with van der Waals surface area (Å²) in [4.78, 5) is 12.5. The Morgan fingerprint density at radius 1 is 1.21 bits per heavy atom. The molecule has 1 aliphatic rings. The molecule has 29 heavy (non-hydrogen) atoms. The second kappa shape index (κ2) is 11.1. The molecule has 0 amide bonds. The van der Waals surface area contributed by atoms with E-state index in [0.29, 0.717) is 11.3 Å². The number of non-ortho nitro benzene ring substituents is 1. The first-order chi connectivity index (χ1) is 13.7. The van der Waals surface area contributed by atoms with Gasteiger partial charge in [-0.05, 0) is 38.4 Å². The molecule has 1 saturated heterocycles. The zero-order chi connectivity index (χ0) is 21.6. The number of hydrogen-bond donors (Lipinski definition) is 0. The molecule has 1 N–H and O–H groups in total. The van der Waals surface area contributed by atoms with Crippen molar-refractivity contribution in [3.05, 3.63) is 69.2 Å². The number of aliphatic hydroxyl groups is 1. The van der Waals surface area contributed by atoms with E-state index >= 15 is 0 Å². The molecule has 0 saturated carbocycles. The number of anilines is 1. The summed E-state index contributed by atoms with van der Waals surface area (Å²) in [5.41, 5.74) is 6.23. The van der Waals surface area contributed by atoms with Gasteiger partial charge in [-0.25, -0.2) is 6.54 Å². The minimum absolute atomic E-state index is 0.0115. The molecule has 0 bridgehead atoms. The number of benzene rings is 2. The van der Waals surface area contributed by atoms with Crippen LogP contribution in [-0.2, 0) is 13.5 Å². The fourth-order valence-corrected chi connectivity index (χ4v) is 5.25. The average molecular weight is 526 g/mol. The summed E-state index contributed by atoms with van der Waals surface area (Å²) < 4.78 is 5.62. The molecule has 0 atom stereocenters. The van der Waals surface area contributed by atoms with Gasteiger partial charge in [-0.1, -0.05) is 24.1 Å². The molecule has 2 aromatic rings. The first-order valence-corrected chi connectivity index (χ1v) is 14.6. The van der Waals surface area contributed by atoms with Gasteiger partial charge in [-0.2, -0.15) is 6.42 Å². The molecule has 0 spiro atoms. The quantitative estimate of drug-likeness (QED) is 0.164. The maximum atomic E-state index is 10.5. The summed E-state index contributed by atoms with van der Waals surface area (Å²) in [6.45, 7) is 10.1. The van der Waals surface area contributed by atoms with E-state index in [9.17, 15) is 10.1 Å². The largest absolute Gasteiger partial charge is 0.522 e. The van der Waals surface area contributed by atoms with Gasteiger partial charge in [0.2, 0.25) is 0 Å². The third-order valence-electron chi connectivity index (χ3n) is 4.53. The van der Waals surface area contributed by atoms with Crippen molar-refractivity contribution in [2.45, 2.75) is 33.6 Å². The van der Waals surface area contributed by atoms with Gasteiger partial charge in [-0.3, -0.25) is 0 Å². The Morgan fingerprint density at radius 3 is 2.34 bits per heavy atom. The van der Waals surface area contributed by atoms with Gasteiger partial charge < -0.3 is 4.90 Å². The van der Waals surface area contributed by atoms with Crippen LogP contribution in [0.3, 0.4) is 0 Å². The van der Waals surface area contributed by atoms with Crippen molar-refractivity contribution < 1.29 is 23.2 Å². The molecule has 0 aromatic heterocycles. The van der Waals surface area contributed by atoms with E-state index in [2.05, 4.69) is 49.1 Å². The molecule has 5 nitrogen and oxygen atoms in total. The van der Waals surface area contributed by atoms with E-state index in [1.165, 1.54) is 53.9 Å². The van der Waals surface area contributed by atoms with Crippen molar-refractivity contribution in [2.75, 3.05) is 18.6 Å². The number of nitro benzene ring substituents is 1. The van der Waals surface area contributed by atoms with Gasteiger partial charge in [0.25, 0.3) is 0 Å². The summed E-state index contributed by atoms with van der Waals surface area (Å²) in [6.07, 6.45) is 2.53. The van der Waals surface area contributed by atoms with E-state index in [1.807, 2.05) is 0 Å². The summed E-state index contributed by atoms with van der Waals surface area (Å²) in [6, 6.07) is 8.95. The van der Waals surface area contributed by atoms with Crippen molar-refractivity contribution in [3.8, 4) is 5.75 Å². The van der Waals surface area contributed by atoms with Crippen molar-refractivity contribution >= 4 is 35.4 Å². The summed E-state index contributed by atoms with van der Waals surface area (Å²) in [5, 5.41) is 10.5. The fraction of sp³-hybridized carbons (Fsp3) is 0.333. The van der Waals surface area contributed by atoms with Crippen molar-refractivity contribution in [1.29, 1.82) is 0 Å². The van der Waals surface area contributed by atoms with Gasteiger partial charge in [-0.15, -0.1) is 0 Å². The van der Waals surface area contributed by atoms with Crippen molar-refractivity contribution in [1.82, 2.24) is 0 Å². The van der Waals surface area contributed by atoms with Gasteiger partial charge in [0, 0.05) is 5.69 Å². The van der Waals surface area contributed by atoms with E-state index in [4.69, 9.17) is 19.4 Å². The molecule has 160 valence electrons. The minimum Gasteiger partial charge on any atom is -0.522 e. The Labute approximate surface area is 185 Å². The maximum absolute atomic E-state index is 10.5. The molecular weight excluding hydrogens is 500 g/mol. The average Bonchev–Trinajstić information content (AvgIpc) is 3.15. The van der Waals surface area contributed by atoms with Gasteiger partial charge in [0.1, 0.15) is 0 Å². The first-order valence-electron chi connectivity index (χ1n) is 9.12. The van der Waals surface area contributed by atoms with Crippen molar-refractivity contribution in [3.63, 3.8) is 0 Å². The van der Waals surface area contributed by atoms with Gasteiger partial charge in [0.15, 0.2) is 0 Å². The molecule has 1 aliphatic heterocycles. The predicted octanol–water partition coefficient (Wildman–Crippen LogP) is 5.92. The van der Waals surface area contributed by atoms with E-state index < -0.39 is 18.4 Å². The van der Waals surface area contributed by atoms with Crippen LogP contribution in [0.2, 0.25) is 0 Å². The normalized spacial score (nSPS) is 13.4. The smallest absolute Gasteiger partial charge is 0.0130 e. The third-order valence-corrected chi connectivity index (χ3v) is 6.36. The van der Waals surface area contributed by atoms with Crippen LogP contribution in [0, 0.1) is 37.4 Å². The molecule has 3 rings (SSSR count). The molecule has 0 radical (unpaired) electrons. The topological polar surface area (TPSA) is 59.2 Å². The molecule has 1 heterocycles. The molecule has 0 aliphatic carbocycles. The zero-order valence-electron chi connectivity index (χ0n) is 16.9. The Morgan fingerprint density at radius 2 is 1.86 bits per heavy atom. The number of aryl methyl sites for hydroxylation is 3. The second-order valence-electron chi connectivity index (χ2n) is 6.80. The number of halogens is 2. The monoisotopic (exact) mass is 526 g/mol. The van der Waals surface area contributed by atoms with E-state index in [1.54, 1.807) is 17.8 Å². The molecule has 1 fully saturated rings. The van der Waals surface area contributed by atoms with Gasteiger partial charge in [0.05, 0.1) is 0 Å². The van der Waals surface area contributed by atoms with Crippen LogP contribution >= 0.6 is 19.4 Å². The minimum atomic E-state index is -1.99.